The monoisotopic (exact) mass is 400 g/mol. The summed E-state index contributed by atoms with van der Waals surface area (Å²) in [6.07, 6.45) is 0. The first kappa shape index (κ1) is 18.5. The maximum atomic E-state index is 13.4. The van der Waals surface area contributed by atoms with Crippen LogP contribution in [0.2, 0.25) is 0 Å². The van der Waals surface area contributed by atoms with Crippen molar-refractivity contribution in [3.05, 3.63) is 71.3 Å². The molecule has 148 valence electrons. The van der Waals surface area contributed by atoms with E-state index in [2.05, 4.69) is 21.3 Å². The molecule has 4 rings (SSSR count). The predicted molar refractivity (Wildman–Crippen MR) is 94.1 cm³/mol. The third kappa shape index (κ3) is 2.89. The number of carbonyl (C=O) groups is 4. The van der Waals surface area contributed by atoms with Crippen LogP contribution in [0.5, 0.6) is 0 Å². The van der Waals surface area contributed by atoms with E-state index in [4.69, 9.17) is 0 Å². The van der Waals surface area contributed by atoms with Gasteiger partial charge in [-0.25, -0.2) is 18.4 Å². The third-order valence-corrected chi connectivity index (χ3v) is 5.07. The summed E-state index contributed by atoms with van der Waals surface area (Å²) >= 11 is 0. The minimum absolute atomic E-state index is 0.271. The fraction of sp³-hybridized carbons (Fsp3) is 0.158. The molecule has 1 spiro atoms. The molecule has 2 heterocycles. The smallest absolute Gasteiger partial charge is 0.328 e. The maximum absolute atomic E-state index is 13.4. The number of benzene rings is 2. The molecule has 0 radical (unpaired) electrons. The number of rotatable bonds is 2. The van der Waals surface area contributed by atoms with E-state index < -0.39 is 53.0 Å². The summed E-state index contributed by atoms with van der Waals surface area (Å²) in [4.78, 5) is 50.2. The van der Waals surface area contributed by atoms with Gasteiger partial charge in [-0.2, -0.15) is 0 Å². The van der Waals surface area contributed by atoms with Gasteiger partial charge in [0.1, 0.15) is 11.6 Å². The Morgan fingerprint density at radius 3 is 1.38 bits per heavy atom. The van der Waals surface area contributed by atoms with E-state index in [0.717, 1.165) is 24.3 Å². The van der Waals surface area contributed by atoms with Gasteiger partial charge in [0.15, 0.2) is 5.41 Å². The Morgan fingerprint density at radius 1 is 0.621 bits per heavy atom. The zero-order valence-corrected chi connectivity index (χ0v) is 14.7. The van der Waals surface area contributed by atoms with Crippen LogP contribution in [0.4, 0.5) is 18.4 Å². The van der Waals surface area contributed by atoms with Crippen LogP contribution in [-0.4, -0.2) is 23.9 Å². The number of hydrogen-bond donors (Lipinski definition) is 4. The second kappa shape index (κ2) is 6.66. The van der Waals surface area contributed by atoms with Gasteiger partial charge >= 0.3 is 12.1 Å². The average Bonchev–Trinajstić information content (AvgIpc) is 2.67. The Kier molecular flexibility index (Phi) is 4.26. The molecular weight excluding hydrogens is 386 g/mol. The topological polar surface area (TPSA) is 116 Å². The highest BCUT2D eigenvalue weighted by Crippen LogP contribution is 2.48. The number of imide groups is 2. The summed E-state index contributed by atoms with van der Waals surface area (Å²) in [5, 5.41) is 9.16. The molecule has 2 aliphatic rings. The quantitative estimate of drug-likeness (QED) is 0.571. The SMILES string of the molecule is O=C1NC(=O)C2(C(=O)N1)C(c1ccc(F)cc1)NC(=O)NC2c1ccc(F)cc1. The number of hydrogen-bond acceptors (Lipinski definition) is 4. The van der Waals surface area contributed by atoms with Gasteiger partial charge in [0.2, 0.25) is 11.8 Å². The van der Waals surface area contributed by atoms with Crippen molar-refractivity contribution in [2.75, 3.05) is 0 Å². The van der Waals surface area contributed by atoms with Crippen LogP contribution in [-0.2, 0) is 9.59 Å². The normalized spacial score (nSPS) is 23.1. The second-order valence-electron chi connectivity index (χ2n) is 6.69. The van der Waals surface area contributed by atoms with E-state index in [0.29, 0.717) is 0 Å². The molecule has 2 saturated heterocycles. The highest BCUT2D eigenvalue weighted by Gasteiger charge is 2.64. The zero-order valence-electron chi connectivity index (χ0n) is 14.7. The van der Waals surface area contributed by atoms with Crippen molar-refractivity contribution in [2.45, 2.75) is 12.1 Å². The van der Waals surface area contributed by atoms with Gasteiger partial charge in [0, 0.05) is 0 Å². The summed E-state index contributed by atoms with van der Waals surface area (Å²) in [5.74, 6) is -3.01. The number of urea groups is 2. The molecule has 2 aromatic carbocycles. The van der Waals surface area contributed by atoms with Gasteiger partial charge in [-0.15, -0.1) is 0 Å². The molecule has 29 heavy (non-hydrogen) atoms. The van der Waals surface area contributed by atoms with E-state index in [1.165, 1.54) is 24.3 Å². The van der Waals surface area contributed by atoms with E-state index in [-0.39, 0.29) is 11.1 Å². The molecule has 4 N–H and O–H groups in total. The van der Waals surface area contributed by atoms with Crippen molar-refractivity contribution in [1.29, 1.82) is 0 Å². The number of amides is 6. The van der Waals surface area contributed by atoms with Crippen LogP contribution >= 0.6 is 0 Å². The standard InChI is InChI=1S/C19H14F2N4O4/c20-11-5-1-9(2-6-11)13-19(15(26)24-18(29)25-16(19)27)14(23-17(28)22-13)10-3-7-12(21)8-4-10/h1-8,13-14H,(H2,22,23,28)(H2,24,25,26,27,29). The van der Waals surface area contributed by atoms with Crippen molar-refractivity contribution in [3.8, 4) is 0 Å². The largest absolute Gasteiger partial charge is 0.330 e. The third-order valence-electron chi connectivity index (χ3n) is 5.07. The first-order chi connectivity index (χ1) is 13.8. The molecule has 0 bridgehead atoms. The van der Waals surface area contributed by atoms with Crippen LogP contribution < -0.4 is 21.3 Å². The first-order valence-electron chi connectivity index (χ1n) is 8.57. The lowest BCUT2D eigenvalue weighted by Crippen LogP contribution is -2.73. The fourth-order valence-corrected chi connectivity index (χ4v) is 3.77. The van der Waals surface area contributed by atoms with Crippen molar-refractivity contribution in [2.24, 2.45) is 5.41 Å². The number of nitrogens with one attached hydrogen (secondary N) is 4. The van der Waals surface area contributed by atoms with Crippen molar-refractivity contribution < 1.29 is 28.0 Å². The van der Waals surface area contributed by atoms with Gasteiger partial charge in [-0.1, -0.05) is 24.3 Å². The molecule has 2 fully saturated rings. The van der Waals surface area contributed by atoms with Crippen LogP contribution in [0.3, 0.4) is 0 Å². The minimum atomic E-state index is -2.04. The highest BCUT2D eigenvalue weighted by atomic mass is 19.1. The van der Waals surface area contributed by atoms with Crippen LogP contribution in [0, 0.1) is 17.0 Å². The molecule has 6 amide bonds. The summed E-state index contributed by atoms with van der Waals surface area (Å²) in [6.45, 7) is 0. The summed E-state index contributed by atoms with van der Waals surface area (Å²) < 4.78 is 26.8. The lowest BCUT2D eigenvalue weighted by atomic mass is 9.65. The Hall–Kier alpha value is -3.82. The minimum Gasteiger partial charge on any atom is -0.330 e. The predicted octanol–water partition coefficient (Wildman–Crippen LogP) is 1.41. The lowest BCUT2D eigenvalue weighted by Gasteiger charge is -2.48. The second-order valence-corrected chi connectivity index (χ2v) is 6.69. The average molecular weight is 400 g/mol. The molecule has 0 aliphatic carbocycles. The fourth-order valence-electron chi connectivity index (χ4n) is 3.77. The maximum Gasteiger partial charge on any atom is 0.328 e. The van der Waals surface area contributed by atoms with Gasteiger partial charge in [0.05, 0.1) is 12.1 Å². The Bertz CT molecular complexity index is 944. The van der Waals surface area contributed by atoms with Crippen molar-refractivity contribution in [3.63, 3.8) is 0 Å². The van der Waals surface area contributed by atoms with E-state index in [1.807, 2.05) is 0 Å². The highest BCUT2D eigenvalue weighted by molar-refractivity contribution is 6.21. The molecule has 2 atom stereocenters. The molecule has 2 aromatic rings. The summed E-state index contributed by atoms with van der Waals surface area (Å²) in [7, 11) is 0. The van der Waals surface area contributed by atoms with Gasteiger partial charge < -0.3 is 10.6 Å². The van der Waals surface area contributed by atoms with Gasteiger partial charge in [-0.3, -0.25) is 20.2 Å². The van der Waals surface area contributed by atoms with Gasteiger partial charge in [-0.05, 0) is 35.4 Å². The zero-order chi connectivity index (χ0) is 20.8. The molecule has 2 unspecified atom stereocenters. The van der Waals surface area contributed by atoms with Crippen molar-refractivity contribution in [1.82, 2.24) is 21.3 Å². The number of barbiturate groups is 1. The van der Waals surface area contributed by atoms with E-state index in [9.17, 15) is 28.0 Å². The first-order valence-corrected chi connectivity index (χ1v) is 8.57. The molecule has 10 heteroatoms. The Morgan fingerprint density at radius 2 is 1.00 bits per heavy atom. The van der Waals surface area contributed by atoms with E-state index >= 15 is 0 Å². The molecule has 8 nitrogen and oxygen atoms in total. The lowest BCUT2D eigenvalue weighted by molar-refractivity contribution is -0.150. The Labute approximate surface area is 162 Å². The summed E-state index contributed by atoms with van der Waals surface area (Å²) in [6, 6.07) is 5.61. The molecule has 0 aromatic heterocycles. The number of carbonyl (C=O) groups excluding carboxylic acids is 4. The van der Waals surface area contributed by atoms with Crippen LogP contribution in [0.1, 0.15) is 23.2 Å². The van der Waals surface area contributed by atoms with Crippen molar-refractivity contribution >= 4 is 23.9 Å². The Balaban J connectivity index is 1.93. The van der Waals surface area contributed by atoms with Crippen LogP contribution in [0.15, 0.2) is 48.5 Å². The molecule has 2 aliphatic heterocycles. The van der Waals surface area contributed by atoms with Crippen LogP contribution in [0.25, 0.3) is 0 Å². The summed E-state index contributed by atoms with van der Waals surface area (Å²) in [5.41, 5.74) is -1.50. The number of halogens is 2. The molecular formula is C19H14F2N4O4. The van der Waals surface area contributed by atoms with Gasteiger partial charge in [0.25, 0.3) is 0 Å². The van der Waals surface area contributed by atoms with E-state index in [1.54, 1.807) is 0 Å². The molecule has 0 saturated carbocycles.